The molecule has 1 aromatic carbocycles. The molecule has 0 atom stereocenters. The van der Waals surface area contributed by atoms with Crippen LogP contribution in [0, 0.1) is 0 Å². The van der Waals surface area contributed by atoms with Gasteiger partial charge in [0.15, 0.2) is 5.11 Å². The average Bonchev–Trinajstić information content (AvgIpc) is 2.14. The number of nitrogens with one attached hydrogen (secondary N) is 1. The molecule has 0 aromatic heterocycles. The molecule has 0 amide bonds. The fourth-order valence-electron chi connectivity index (χ4n) is 0.982. The van der Waals surface area contributed by atoms with E-state index >= 15 is 0 Å². The zero-order chi connectivity index (χ0) is 11.4. The summed E-state index contributed by atoms with van der Waals surface area (Å²) >= 11 is 16.4. The van der Waals surface area contributed by atoms with Crippen LogP contribution in [0.4, 0.5) is 0 Å². The Morgan fingerprint density at radius 2 is 2.13 bits per heavy atom. The molecule has 0 radical (unpaired) electrons. The van der Waals surface area contributed by atoms with Gasteiger partial charge in [-0.3, -0.25) is 5.43 Å². The Morgan fingerprint density at radius 3 is 2.67 bits per heavy atom. The van der Waals surface area contributed by atoms with Crippen molar-refractivity contribution in [2.75, 3.05) is 0 Å². The third kappa shape index (κ3) is 3.66. The van der Waals surface area contributed by atoms with Crippen LogP contribution in [0.25, 0.3) is 0 Å². The predicted octanol–water partition coefficient (Wildman–Crippen LogP) is 2.55. The fourth-order valence-corrected chi connectivity index (χ4v) is 1.57. The lowest BCUT2D eigenvalue weighted by molar-refractivity contribution is 1.03. The van der Waals surface area contributed by atoms with Crippen LogP contribution in [0.2, 0.25) is 10.0 Å². The summed E-state index contributed by atoms with van der Waals surface area (Å²) in [6.07, 6.45) is 0. The third-order valence-electron chi connectivity index (χ3n) is 1.65. The first-order chi connectivity index (χ1) is 7.00. The Labute approximate surface area is 103 Å². The molecule has 0 aliphatic rings. The number of hydrazone groups is 1. The Bertz CT molecular complexity index is 418. The van der Waals surface area contributed by atoms with Crippen LogP contribution in [0.15, 0.2) is 23.3 Å². The number of nitrogens with zero attached hydrogens (tertiary/aromatic N) is 1. The van der Waals surface area contributed by atoms with Gasteiger partial charge in [-0.1, -0.05) is 29.3 Å². The van der Waals surface area contributed by atoms with Crippen molar-refractivity contribution in [3.05, 3.63) is 33.8 Å². The summed E-state index contributed by atoms with van der Waals surface area (Å²) in [6, 6.07) is 5.17. The maximum absolute atomic E-state index is 5.98. The summed E-state index contributed by atoms with van der Waals surface area (Å²) in [7, 11) is 0. The quantitative estimate of drug-likeness (QED) is 0.489. The molecule has 0 unspecified atom stereocenters. The van der Waals surface area contributed by atoms with Crippen LogP contribution in [0.1, 0.15) is 12.5 Å². The van der Waals surface area contributed by atoms with Crippen LogP contribution >= 0.6 is 35.4 Å². The van der Waals surface area contributed by atoms with E-state index in [9.17, 15) is 0 Å². The van der Waals surface area contributed by atoms with E-state index in [1.807, 2.05) is 0 Å². The monoisotopic (exact) mass is 261 g/mol. The second-order valence-electron chi connectivity index (χ2n) is 2.80. The van der Waals surface area contributed by atoms with Crippen LogP contribution in [0.3, 0.4) is 0 Å². The second kappa shape index (κ2) is 5.30. The SMILES string of the molecule is CC(=NNC(N)=S)c1ccc(Cl)cc1Cl. The van der Waals surface area contributed by atoms with E-state index in [4.69, 9.17) is 28.9 Å². The Morgan fingerprint density at radius 1 is 1.47 bits per heavy atom. The van der Waals surface area contributed by atoms with Gasteiger partial charge in [-0.15, -0.1) is 0 Å². The summed E-state index contributed by atoms with van der Waals surface area (Å²) < 4.78 is 0. The van der Waals surface area contributed by atoms with Gasteiger partial charge in [0.05, 0.1) is 10.7 Å². The number of hydrogen-bond donors (Lipinski definition) is 2. The molecule has 0 bridgehead atoms. The van der Waals surface area contributed by atoms with E-state index < -0.39 is 0 Å². The van der Waals surface area contributed by atoms with Crippen LogP contribution in [-0.2, 0) is 0 Å². The number of halogens is 2. The molecule has 0 spiro atoms. The number of nitrogens with two attached hydrogens (primary N) is 1. The smallest absolute Gasteiger partial charge is 0.184 e. The van der Waals surface area contributed by atoms with Gasteiger partial charge in [0.2, 0.25) is 0 Å². The first-order valence-corrected chi connectivity index (χ1v) is 5.22. The van der Waals surface area contributed by atoms with Crippen molar-refractivity contribution in [1.29, 1.82) is 0 Å². The lowest BCUT2D eigenvalue weighted by Crippen LogP contribution is -2.25. The summed E-state index contributed by atoms with van der Waals surface area (Å²) in [4.78, 5) is 0. The van der Waals surface area contributed by atoms with Crippen LogP contribution in [0.5, 0.6) is 0 Å². The molecule has 0 fully saturated rings. The van der Waals surface area contributed by atoms with E-state index in [0.717, 1.165) is 5.56 Å². The molecular formula is C9H9Cl2N3S. The topological polar surface area (TPSA) is 50.4 Å². The van der Waals surface area contributed by atoms with Gasteiger partial charge in [-0.05, 0) is 31.3 Å². The maximum atomic E-state index is 5.98. The zero-order valence-electron chi connectivity index (χ0n) is 7.92. The van der Waals surface area contributed by atoms with E-state index in [-0.39, 0.29) is 5.11 Å². The number of thiocarbonyl (C=S) groups is 1. The molecule has 0 saturated heterocycles. The van der Waals surface area contributed by atoms with Gasteiger partial charge in [-0.25, -0.2) is 0 Å². The normalized spacial score (nSPS) is 11.3. The molecule has 3 nitrogen and oxygen atoms in total. The summed E-state index contributed by atoms with van der Waals surface area (Å²) in [5.41, 5.74) is 9.20. The fraction of sp³-hybridized carbons (Fsp3) is 0.111. The molecule has 1 rings (SSSR count). The lowest BCUT2D eigenvalue weighted by atomic mass is 10.1. The first-order valence-electron chi connectivity index (χ1n) is 4.06. The largest absolute Gasteiger partial charge is 0.375 e. The molecule has 3 N–H and O–H groups in total. The number of rotatable bonds is 2. The minimum atomic E-state index is 0.111. The zero-order valence-corrected chi connectivity index (χ0v) is 10.2. The predicted molar refractivity (Wildman–Crippen MR) is 68.6 cm³/mol. The summed E-state index contributed by atoms with van der Waals surface area (Å²) in [5, 5.41) is 5.19. The summed E-state index contributed by atoms with van der Waals surface area (Å²) in [6.45, 7) is 1.79. The van der Waals surface area contributed by atoms with Crippen molar-refractivity contribution >= 4 is 46.2 Å². The molecule has 0 saturated carbocycles. The van der Waals surface area contributed by atoms with Crippen molar-refractivity contribution in [2.45, 2.75) is 6.92 Å². The van der Waals surface area contributed by atoms with Crippen molar-refractivity contribution in [3.8, 4) is 0 Å². The van der Waals surface area contributed by atoms with Crippen molar-refractivity contribution in [2.24, 2.45) is 10.8 Å². The van der Waals surface area contributed by atoms with Gasteiger partial charge >= 0.3 is 0 Å². The molecular weight excluding hydrogens is 253 g/mol. The molecule has 0 heterocycles. The first kappa shape index (κ1) is 12.2. The summed E-state index contributed by atoms with van der Waals surface area (Å²) in [5.74, 6) is 0. The van der Waals surface area contributed by atoms with Crippen LogP contribution in [-0.4, -0.2) is 10.8 Å². The minimum absolute atomic E-state index is 0.111. The Balaban J connectivity index is 2.95. The molecule has 15 heavy (non-hydrogen) atoms. The number of hydrogen-bond acceptors (Lipinski definition) is 2. The lowest BCUT2D eigenvalue weighted by Gasteiger charge is -2.04. The number of benzene rings is 1. The van der Waals surface area contributed by atoms with Crippen molar-refractivity contribution in [1.82, 2.24) is 5.43 Å². The van der Waals surface area contributed by atoms with Crippen LogP contribution < -0.4 is 11.2 Å². The van der Waals surface area contributed by atoms with E-state index in [1.165, 1.54) is 0 Å². The van der Waals surface area contributed by atoms with Crippen molar-refractivity contribution in [3.63, 3.8) is 0 Å². The molecule has 0 aliphatic heterocycles. The highest BCUT2D eigenvalue weighted by molar-refractivity contribution is 7.80. The van der Waals surface area contributed by atoms with Gasteiger partial charge in [0, 0.05) is 10.6 Å². The van der Waals surface area contributed by atoms with Gasteiger partial charge < -0.3 is 5.73 Å². The van der Waals surface area contributed by atoms with Gasteiger partial charge in [0.1, 0.15) is 0 Å². The van der Waals surface area contributed by atoms with E-state index in [2.05, 4.69) is 22.7 Å². The van der Waals surface area contributed by atoms with Crippen molar-refractivity contribution < 1.29 is 0 Å². The van der Waals surface area contributed by atoms with E-state index in [1.54, 1.807) is 25.1 Å². The molecule has 80 valence electrons. The molecule has 0 aliphatic carbocycles. The average molecular weight is 262 g/mol. The van der Waals surface area contributed by atoms with E-state index in [0.29, 0.717) is 15.8 Å². The van der Waals surface area contributed by atoms with Gasteiger partial charge in [0.25, 0.3) is 0 Å². The Kier molecular flexibility index (Phi) is 4.32. The minimum Gasteiger partial charge on any atom is -0.375 e. The van der Waals surface area contributed by atoms with Gasteiger partial charge in [-0.2, -0.15) is 5.10 Å². The highest BCUT2D eigenvalue weighted by Gasteiger charge is 2.04. The highest BCUT2D eigenvalue weighted by atomic mass is 35.5. The third-order valence-corrected chi connectivity index (χ3v) is 2.29. The second-order valence-corrected chi connectivity index (χ2v) is 4.08. The maximum Gasteiger partial charge on any atom is 0.184 e. The standard InChI is InChI=1S/C9H9Cl2N3S/c1-5(13-14-9(12)15)7-3-2-6(10)4-8(7)11/h2-4H,1H3,(H3,12,14,15). The molecule has 6 heteroatoms. The molecule has 1 aromatic rings. The highest BCUT2D eigenvalue weighted by Crippen LogP contribution is 2.21. The Hall–Kier alpha value is -0.840.